The van der Waals surface area contributed by atoms with E-state index in [-0.39, 0.29) is 0 Å². The molecule has 2 rings (SSSR count). The van der Waals surface area contributed by atoms with Crippen molar-refractivity contribution in [2.75, 3.05) is 5.73 Å². The van der Waals surface area contributed by atoms with Gasteiger partial charge in [-0.2, -0.15) is 0 Å². The molecule has 0 unspecified atom stereocenters. The van der Waals surface area contributed by atoms with E-state index < -0.39 is 0 Å². The Hall–Kier alpha value is -1.61. The molecule has 2 N–H and O–H groups in total. The summed E-state index contributed by atoms with van der Waals surface area (Å²) in [5, 5.41) is 0.767. The highest BCUT2D eigenvalue weighted by atomic mass is 35.5. The minimum atomic E-state index is 0.469. The van der Waals surface area contributed by atoms with E-state index in [1.165, 1.54) is 6.33 Å². The molecule has 0 aliphatic rings. The van der Waals surface area contributed by atoms with Crippen molar-refractivity contribution >= 4 is 17.4 Å². The Bertz CT molecular complexity index is 538. The molecule has 0 spiro atoms. The smallest absolute Gasteiger partial charge is 0.127 e. The van der Waals surface area contributed by atoms with Crippen LogP contribution in [0.25, 0.3) is 11.3 Å². The monoisotopic (exact) mass is 233 g/mol. The van der Waals surface area contributed by atoms with Gasteiger partial charge in [-0.1, -0.05) is 11.6 Å². The number of nitrogen functional groups attached to an aromatic ring is 1. The first-order chi connectivity index (χ1) is 7.58. The molecule has 0 amide bonds. The Morgan fingerprint density at radius 2 is 1.81 bits per heavy atom. The zero-order chi connectivity index (χ0) is 11.7. The van der Waals surface area contributed by atoms with Gasteiger partial charge in [-0.25, -0.2) is 9.97 Å². The molecule has 2 aromatic rings. The van der Waals surface area contributed by atoms with E-state index in [0.29, 0.717) is 5.82 Å². The molecule has 0 atom stereocenters. The summed E-state index contributed by atoms with van der Waals surface area (Å²) in [7, 11) is 0. The van der Waals surface area contributed by atoms with Crippen LogP contribution in [0.3, 0.4) is 0 Å². The number of benzene rings is 1. The fraction of sp³-hybridized carbons (Fsp3) is 0.167. The SMILES string of the molecule is Cc1cc(-c2cc(N)ncn2)c(C)cc1Cl. The van der Waals surface area contributed by atoms with Gasteiger partial charge in [0.15, 0.2) is 0 Å². The third kappa shape index (κ3) is 1.99. The van der Waals surface area contributed by atoms with Gasteiger partial charge in [0.2, 0.25) is 0 Å². The van der Waals surface area contributed by atoms with Crippen molar-refractivity contribution in [3.8, 4) is 11.3 Å². The number of nitrogens with two attached hydrogens (primary N) is 1. The summed E-state index contributed by atoms with van der Waals surface area (Å²) in [6, 6.07) is 5.71. The normalized spacial score (nSPS) is 10.4. The second kappa shape index (κ2) is 4.10. The lowest BCUT2D eigenvalue weighted by Gasteiger charge is -2.08. The molecular weight excluding hydrogens is 222 g/mol. The van der Waals surface area contributed by atoms with E-state index in [1.54, 1.807) is 6.07 Å². The molecule has 4 heteroatoms. The highest BCUT2D eigenvalue weighted by molar-refractivity contribution is 6.31. The average Bonchev–Trinajstić information content (AvgIpc) is 2.23. The van der Waals surface area contributed by atoms with Crippen LogP contribution in [0.4, 0.5) is 5.82 Å². The summed E-state index contributed by atoms with van der Waals surface area (Å²) in [5.41, 5.74) is 9.60. The van der Waals surface area contributed by atoms with Crippen molar-refractivity contribution in [1.29, 1.82) is 0 Å². The predicted molar refractivity (Wildman–Crippen MR) is 66.4 cm³/mol. The second-order valence-corrected chi connectivity index (χ2v) is 4.15. The Morgan fingerprint density at radius 3 is 2.50 bits per heavy atom. The molecule has 1 aromatic carbocycles. The van der Waals surface area contributed by atoms with Crippen LogP contribution in [-0.2, 0) is 0 Å². The molecule has 1 heterocycles. The van der Waals surface area contributed by atoms with Crippen molar-refractivity contribution in [3.05, 3.63) is 40.7 Å². The van der Waals surface area contributed by atoms with Crippen LogP contribution in [0.2, 0.25) is 5.02 Å². The highest BCUT2D eigenvalue weighted by Gasteiger charge is 2.07. The van der Waals surface area contributed by atoms with Gasteiger partial charge in [0, 0.05) is 16.7 Å². The molecule has 1 aromatic heterocycles. The topological polar surface area (TPSA) is 51.8 Å². The Morgan fingerprint density at radius 1 is 1.06 bits per heavy atom. The van der Waals surface area contributed by atoms with Crippen LogP contribution in [0.15, 0.2) is 24.5 Å². The third-order valence-electron chi connectivity index (χ3n) is 2.47. The maximum absolute atomic E-state index is 6.05. The lowest BCUT2D eigenvalue weighted by atomic mass is 10.0. The summed E-state index contributed by atoms with van der Waals surface area (Å²) in [5.74, 6) is 0.469. The van der Waals surface area contributed by atoms with Crippen molar-refractivity contribution in [1.82, 2.24) is 9.97 Å². The van der Waals surface area contributed by atoms with E-state index in [1.807, 2.05) is 26.0 Å². The maximum atomic E-state index is 6.05. The molecule has 0 radical (unpaired) electrons. The van der Waals surface area contributed by atoms with Gasteiger partial charge in [0.05, 0.1) is 5.69 Å². The number of hydrogen-bond donors (Lipinski definition) is 1. The average molecular weight is 234 g/mol. The van der Waals surface area contributed by atoms with Crippen LogP contribution in [0.1, 0.15) is 11.1 Å². The van der Waals surface area contributed by atoms with Crippen LogP contribution >= 0.6 is 11.6 Å². The summed E-state index contributed by atoms with van der Waals surface area (Å²) in [4.78, 5) is 8.08. The second-order valence-electron chi connectivity index (χ2n) is 3.74. The molecular formula is C12H12ClN3. The van der Waals surface area contributed by atoms with Crippen LogP contribution in [0, 0.1) is 13.8 Å². The molecule has 0 saturated carbocycles. The summed E-state index contributed by atoms with van der Waals surface area (Å²) < 4.78 is 0. The van der Waals surface area contributed by atoms with Crippen molar-refractivity contribution in [2.45, 2.75) is 13.8 Å². The molecule has 3 nitrogen and oxygen atoms in total. The first kappa shape index (κ1) is 10.9. The van der Waals surface area contributed by atoms with Gasteiger partial charge in [-0.3, -0.25) is 0 Å². The number of aromatic nitrogens is 2. The number of rotatable bonds is 1. The fourth-order valence-corrected chi connectivity index (χ4v) is 1.79. The van der Waals surface area contributed by atoms with Crippen molar-refractivity contribution < 1.29 is 0 Å². The van der Waals surface area contributed by atoms with E-state index in [4.69, 9.17) is 17.3 Å². The van der Waals surface area contributed by atoms with Crippen LogP contribution in [0.5, 0.6) is 0 Å². The van der Waals surface area contributed by atoms with Gasteiger partial charge in [-0.05, 0) is 37.1 Å². The Labute approximate surface area is 99.3 Å². The standard InChI is InChI=1S/C12H12ClN3/c1-7-4-10(13)8(2)3-9(7)11-5-12(14)16-6-15-11/h3-6H,1-2H3,(H2,14,15,16). The number of nitrogens with zero attached hydrogens (tertiary/aromatic N) is 2. The van der Waals surface area contributed by atoms with E-state index in [2.05, 4.69) is 9.97 Å². The number of hydrogen-bond acceptors (Lipinski definition) is 3. The first-order valence-corrected chi connectivity index (χ1v) is 5.30. The number of anilines is 1. The van der Waals surface area contributed by atoms with Gasteiger partial charge in [0.1, 0.15) is 12.1 Å². The van der Waals surface area contributed by atoms with E-state index in [0.717, 1.165) is 27.4 Å². The fourth-order valence-electron chi connectivity index (χ4n) is 1.58. The zero-order valence-corrected chi connectivity index (χ0v) is 9.92. The largest absolute Gasteiger partial charge is 0.384 e. The minimum absolute atomic E-state index is 0.469. The number of aryl methyl sites for hydroxylation is 2. The van der Waals surface area contributed by atoms with Gasteiger partial charge >= 0.3 is 0 Å². The Balaban J connectivity index is 2.60. The third-order valence-corrected chi connectivity index (χ3v) is 2.88. The summed E-state index contributed by atoms with van der Waals surface area (Å²) >= 11 is 6.05. The van der Waals surface area contributed by atoms with Gasteiger partial charge < -0.3 is 5.73 Å². The summed E-state index contributed by atoms with van der Waals surface area (Å²) in [6.07, 6.45) is 1.47. The molecule has 16 heavy (non-hydrogen) atoms. The highest BCUT2D eigenvalue weighted by Crippen LogP contribution is 2.27. The minimum Gasteiger partial charge on any atom is -0.384 e. The van der Waals surface area contributed by atoms with Crippen molar-refractivity contribution in [2.24, 2.45) is 0 Å². The number of halogens is 1. The molecule has 0 saturated heterocycles. The van der Waals surface area contributed by atoms with Gasteiger partial charge in [-0.15, -0.1) is 0 Å². The molecule has 0 fully saturated rings. The zero-order valence-electron chi connectivity index (χ0n) is 9.16. The van der Waals surface area contributed by atoms with E-state index >= 15 is 0 Å². The lowest BCUT2D eigenvalue weighted by molar-refractivity contribution is 1.17. The van der Waals surface area contributed by atoms with Gasteiger partial charge in [0.25, 0.3) is 0 Å². The first-order valence-electron chi connectivity index (χ1n) is 4.92. The predicted octanol–water partition coefficient (Wildman–Crippen LogP) is 3.00. The van der Waals surface area contributed by atoms with Crippen LogP contribution < -0.4 is 5.73 Å². The molecule has 82 valence electrons. The van der Waals surface area contributed by atoms with Crippen LogP contribution in [-0.4, -0.2) is 9.97 Å². The maximum Gasteiger partial charge on any atom is 0.127 e. The molecule has 0 bridgehead atoms. The van der Waals surface area contributed by atoms with E-state index in [9.17, 15) is 0 Å². The molecule has 0 aliphatic carbocycles. The summed E-state index contributed by atoms with van der Waals surface area (Å²) in [6.45, 7) is 3.97. The lowest BCUT2D eigenvalue weighted by Crippen LogP contribution is -1.94. The quantitative estimate of drug-likeness (QED) is 0.824. The Kier molecular flexibility index (Phi) is 2.79. The van der Waals surface area contributed by atoms with Crippen molar-refractivity contribution in [3.63, 3.8) is 0 Å². The molecule has 0 aliphatic heterocycles.